The van der Waals surface area contributed by atoms with E-state index in [0.29, 0.717) is 19.8 Å². The highest BCUT2D eigenvalue weighted by molar-refractivity contribution is 5.38. The molecular formula is C28H35NO4. The van der Waals surface area contributed by atoms with Crippen molar-refractivity contribution in [3.05, 3.63) is 90.0 Å². The van der Waals surface area contributed by atoms with Crippen molar-refractivity contribution in [2.45, 2.75) is 45.4 Å². The minimum atomic E-state index is -0.653. The molecule has 0 aromatic heterocycles. The predicted octanol–water partition coefficient (Wildman–Crippen LogP) is 5.38. The average molecular weight is 450 g/mol. The fourth-order valence-electron chi connectivity index (χ4n) is 3.78. The molecule has 0 amide bonds. The van der Waals surface area contributed by atoms with Crippen LogP contribution in [0, 0.1) is 0 Å². The number of benzene rings is 3. The zero-order chi connectivity index (χ0) is 23.5. The summed E-state index contributed by atoms with van der Waals surface area (Å²) in [4.78, 5) is 0. The Labute approximate surface area is 197 Å². The third-order valence-corrected chi connectivity index (χ3v) is 5.41. The molecule has 0 aliphatic carbocycles. The number of aliphatic hydroxyl groups excluding tert-OH is 1. The Morgan fingerprint density at radius 1 is 0.727 bits per heavy atom. The number of hydrogen-bond donors (Lipinski definition) is 2. The van der Waals surface area contributed by atoms with Crippen LogP contribution in [0.4, 0.5) is 0 Å². The molecule has 5 nitrogen and oxygen atoms in total. The molecule has 0 saturated carbocycles. The van der Waals surface area contributed by atoms with Crippen LogP contribution in [-0.4, -0.2) is 37.2 Å². The van der Waals surface area contributed by atoms with Gasteiger partial charge in [-0.05, 0) is 81.3 Å². The molecule has 2 unspecified atom stereocenters. The minimum Gasteiger partial charge on any atom is -0.494 e. The van der Waals surface area contributed by atoms with E-state index in [1.807, 2.05) is 68.4 Å². The quantitative estimate of drug-likeness (QED) is 0.343. The van der Waals surface area contributed by atoms with Crippen LogP contribution in [0.2, 0.25) is 0 Å². The van der Waals surface area contributed by atoms with Crippen molar-refractivity contribution in [1.29, 1.82) is 0 Å². The van der Waals surface area contributed by atoms with Crippen LogP contribution in [0.3, 0.4) is 0 Å². The maximum absolute atomic E-state index is 10.2. The monoisotopic (exact) mass is 449 g/mol. The smallest absolute Gasteiger partial charge is 0.176 e. The Morgan fingerprint density at radius 2 is 1.24 bits per heavy atom. The van der Waals surface area contributed by atoms with Crippen molar-refractivity contribution in [2.75, 3.05) is 19.8 Å². The Hall–Kier alpha value is -3.02. The first-order valence-electron chi connectivity index (χ1n) is 11.7. The lowest BCUT2D eigenvalue weighted by molar-refractivity contribution is 0.0268. The molecule has 0 aliphatic rings. The Bertz CT molecular complexity index is 877. The second kappa shape index (κ2) is 12.9. The van der Waals surface area contributed by atoms with E-state index in [9.17, 15) is 5.11 Å². The maximum Gasteiger partial charge on any atom is 0.176 e. The molecule has 3 rings (SSSR count). The lowest BCUT2D eigenvalue weighted by Gasteiger charge is -2.25. The Balaban J connectivity index is 1.72. The first kappa shape index (κ1) is 24.6. The minimum absolute atomic E-state index is 0.176. The number of para-hydroxylation sites is 1. The summed E-state index contributed by atoms with van der Waals surface area (Å²) in [6, 6.07) is 26.1. The van der Waals surface area contributed by atoms with Gasteiger partial charge in [0.05, 0.1) is 13.2 Å². The van der Waals surface area contributed by atoms with Crippen LogP contribution in [0.25, 0.3) is 0 Å². The number of nitrogens with one attached hydrogen (secondary N) is 1. The SMILES string of the molecule is CCOc1ccc(C(CCNC(Oc2ccccc2)C(C)O)c2ccc(OCC)cc2)cc1. The van der Waals surface area contributed by atoms with Gasteiger partial charge in [0.25, 0.3) is 0 Å². The average Bonchev–Trinajstić information content (AvgIpc) is 2.83. The van der Waals surface area contributed by atoms with Gasteiger partial charge in [0.1, 0.15) is 23.4 Å². The van der Waals surface area contributed by atoms with Crippen LogP contribution >= 0.6 is 0 Å². The van der Waals surface area contributed by atoms with Crippen molar-refractivity contribution < 1.29 is 19.3 Å². The third kappa shape index (κ3) is 7.52. The van der Waals surface area contributed by atoms with E-state index in [1.54, 1.807) is 6.92 Å². The molecular weight excluding hydrogens is 414 g/mol. The van der Waals surface area contributed by atoms with Gasteiger partial charge < -0.3 is 19.3 Å². The second-order valence-electron chi connectivity index (χ2n) is 7.89. The van der Waals surface area contributed by atoms with Crippen LogP contribution in [0.15, 0.2) is 78.9 Å². The summed E-state index contributed by atoms with van der Waals surface area (Å²) >= 11 is 0. The summed E-state index contributed by atoms with van der Waals surface area (Å²) in [5.41, 5.74) is 2.42. The largest absolute Gasteiger partial charge is 0.494 e. The highest BCUT2D eigenvalue weighted by Gasteiger charge is 2.19. The van der Waals surface area contributed by atoms with E-state index < -0.39 is 12.3 Å². The zero-order valence-electron chi connectivity index (χ0n) is 19.7. The lowest BCUT2D eigenvalue weighted by atomic mass is 9.88. The molecule has 33 heavy (non-hydrogen) atoms. The molecule has 0 aliphatic heterocycles. The molecule has 0 fully saturated rings. The molecule has 0 radical (unpaired) electrons. The first-order valence-corrected chi connectivity index (χ1v) is 11.7. The zero-order valence-corrected chi connectivity index (χ0v) is 19.7. The van der Waals surface area contributed by atoms with Crippen molar-refractivity contribution in [3.8, 4) is 17.2 Å². The van der Waals surface area contributed by atoms with Gasteiger partial charge in [-0.25, -0.2) is 0 Å². The van der Waals surface area contributed by atoms with Crippen LogP contribution in [0.1, 0.15) is 44.2 Å². The standard InChI is InChI=1S/C28H35NO4/c1-4-31-24-15-11-22(12-16-24)27(23-13-17-25(18-14-23)32-5-2)19-20-29-28(21(3)30)33-26-9-7-6-8-10-26/h6-18,21,27-30H,4-5,19-20H2,1-3H3. The normalized spacial score (nSPS) is 12.9. The van der Waals surface area contributed by atoms with Crippen molar-refractivity contribution in [3.63, 3.8) is 0 Å². The van der Waals surface area contributed by atoms with E-state index >= 15 is 0 Å². The summed E-state index contributed by atoms with van der Waals surface area (Å²) < 4.78 is 17.2. The lowest BCUT2D eigenvalue weighted by Crippen LogP contribution is -2.43. The van der Waals surface area contributed by atoms with Gasteiger partial charge in [0.15, 0.2) is 6.23 Å². The molecule has 5 heteroatoms. The Kier molecular flexibility index (Phi) is 9.60. The van der Waals surface area contributed by atoms with E-state index in [0.717, 1.165) is 23.7 Å². The van der Waals surface area contributed by atoms with Crippen LogP contribution in [0.5, 0.6) is 17.2 Å². The fourth-order valence-corrected chi connectivity index (χ4v) is 3.78. The fraction of sp³-hybridized carbons (Fsp3) is 0.357. The van der Waals surface area contributed by atoms with E-state index in [4.69, 9.17) is 14.2 Å². The molecule has 176 valence electrons. The van der Waals surface area contributed by atoms with E-state index in [2.05, 4.69) is 29.6 Å². The third-order valence-electron chi connectivity index (χ3n) is 5.41. The topological polar surface area (TPSA) is 60.0 Å². The van der Waals surface area contributed by atoms with Crippen molar-refractivity contribution in [2.24, 2.45) is 0 Å². The summed E-state index contributed by atoms with van der Waals surface area (Å²) in [5, 5.41) is 13.6. The van der Waals surface area contributed by atoms with E-state index in [1.165, 1.54) is 11.1 Å². The van der Waals surface area contributed by atoms with Gasteiger partial charge in [-0.1, -0.05) is 42.5 Å². The maximum atomic E-state index is 10.2. The predicted molar refractivity (Wildman–Crippen MR) is 132 cm³/mol. The molecule has 2 atom stereocenters. The van der Waals surface area contributed by atoms with Gasteiger partial charge in [0.2, 0.25) is 0 Å². The number of rotatable bonds is 13. The summed E-state index contributed by atoms with van der Waals surface area (Å²) in [6.45, 7) is 7.67. The van der Waals surface area contributed by atoms with Crippen molar-refractivity contribution >= 4 is 0 Å². The van der Waals surface area contributed by atoms with Crippen LogP contribution in [-0.2, 0) is 0 Å². The summed E-state index contributed by atoms with van der Waals surface area (Å²) in [7, 11) is 0. The number of aliphatic hydroxyl groups is 1. The van der Waals surface area contributed by atoms with Gasteiger partial charge in [0, 0.05) is 5.92 Å². The molecule has 0 saturated heterocycles. The van der Waals surface area contributed by atoms with Crippen LogP contribution < -0.4 is 19.5 Å². The number of hydrogen-bond acceptors (Lipinski definition) is 5. The Morgan fingerprint density at radius 3 is 1.70 bits per heavy atom. The molecule has 0 spiro atoms. The molecule has 0 bridgehead atoms. The number of ether oxygens (including phenoxy) is 3. The molecule has 0 heterocycles. The molecule has 3 aromatic carbocycles. The molecule has 2 N–H and O–H groups in total. The molecule has 3 aromatic rings. The highest BCUT2D eigenvalue weighted by atomic mass is 16.5. The van der Waals surface area contributed by atoms with E-state index in [-0.39, 0.29) is 5.92 Å². The van der Waals surface area contributed by atoms with Gasteiger partial charge in [-0.2, -0.15) is 0 Å². The van der Waals surface area contributed by atoms with Gasteiger partial charge in [-0.3, -0.25) is 5.32 Å². The van der Waals surface area contributed by atoms with Crippen molar-refractivity contribution in [1.82, 2.24) is 5.32 Å². The second-order valence-corrected chi connectivity index (χ2v) is 7.89. The first-order chi connectivity index (χ1) is 16.1. The van der Waals surface area contributed by atoms with Gasteiger partial charge >= 0.3 is 0 Å². The van der Waals surface area contributed by atoms with Gasteiger partial charge in [-0.15, -0.1) is 0 Å². The summed E-state index contributed by atoms with van der Waals surface area (Å²) in [6.07, 6.45) is -0.308. The highest BCUT2D eigenvalue weighted by Crippen LogP contribution is 2.30. The summed E-state index contributed by atoms with van der Waals surface area (Å²) in [5.74, 6) is 2.64.